The van der Waals surface area contributed by atoms with Crippen molar-refractivity contribution in [3.05, 3.63) is 17.0 Å². The zero-order chi connectivity index (χ0) is 9.14. The van der Waals surface area contributed by atoms with Gasteiger partial charge in [-0.2, -0.15) is 0 Å². The monoisotopic (exact) mass is 167 g/mol. The highest BCUT2D eigenvalue weighted by atomic mass is 16.5. The van der Waals surface area contributed by atoms with Crippen molar-refractivity contribution < 1.29 is 4.52 Å². The lowest BCUT2D eigenvalue weighted by Gasteiger charge is -2.02. The Morgan fingerprint density at radius 2 is 2.00 bits per heavy atom. The fraction of sp³-hybridized carbons (Fsp3) is 0.700. The second-order valence-electron chi connectivity index (χ2n) is 3.74. The molecule has 0 aliphatic carbocycles. The van der Waals surface area contributed by atoms with Gasteiger partial charge in [-0.25, -0.2) is 0 Å². The summed E-state index contributed by atoms with van der Waals surface area (Å²) in [7, 11) is 0. The molecule has 0 bridgehead atoms. The first-order chi connectivity index (χ1) is 5.61. The highest BCUT2D eigenvalue weighted by Gasteiger charge is 2.08. The first-order valence-electron chi connectivity index (χ1n) is 4.53. The van der Waals surface area contributed by atoms with Gasteiger partial charge in [-0.3, -0.25) is 0 Å². The number of hydrogen-bond donors (Lipinski definition) is 0. The highest BCUT2D eigenvalue weighted by molar-refractivity contribution is 5.20. The van der Waals surface area contributed by atoms with Crippen LogP contribution < -0.4 is 0 Å². The van der Waals surface area contributed by atoms with Crippen molar-refractivity contribution in [1.29, 1.82) is 0 Å². The molecule has 1 aromatic heterocycles. The van der Waals surface area contributed by atoms with Gasteiger partial charge in [-0.05, 0) is 32.6 Å². The van der Waals surface area contributed by atoms with Crippen LogP contribution in [0.4, 0.5) is 0 Å². The minimum absolute atomic E-state index is 0.749. The summed E-state index contributed by atoms with van der Waals surface area (Å²) in [4.78, 5) is 0. The zero-order valence-corrected chi connectivity index (χ0v) is 8.35. The third-order valence-corrected chi connectivity index (χ3v) is 2.15. The van der Waals surface area contributed by atoms with E-state index < -0.39 is 0 Å². The molecule has 2 nitrogen and oxygen atoms in total. The lowest BCUT2D eigenvalue weighted by molar-refractivity contribution is 0.392. The number of aromatic nitrogens is 1. The van der Waals surface area contributed by atoms with E-state index in [1.807, 2.05) is 13.8 Å². The Hall–Kier alpha value is -0.790. The average molecular weight is 167 g/mol. The Labute approximate surface area is 74.0 Å². The molecular weight excluding hydrogens is 150 g/mol. The van der Waals surface area contributed by atoms with E-state index in [0.717, 1.165) is 23.8 Å². The quantitative estimate of drug-likeness (QED) is 0.691. The van der Waals surface area contributed by atoms with E-state index in [1.165, 1.54) is 12.0 Å². The van der Waals surface area contributed by atoms with Gasteiger partial charge >= 0.3 is 0 Å². The second kappa shape index (κ2) is 3.74. The third kappa shape index (κ3) is 2.10. The Morgan fingerprint density at radius 1 is 1.33 bits per heavy atom. The molecule has 0 fully saturated rings. The SMILES string of the molecule is Cc1noc(C)c1CCC(C)C. The predicted octanol–water partition coefficient (Wildman–Crippen LogP) is 2.88. The van der Waals surface area contributed by atoms with Crippen LogP contribution in [0.2, 0.25) is 0 Å². The highest BCUT2D eigenvalue weighted by Crippen LogP contribution is 2.16. The van der Waals surface area contributed by atoms with E-state index in [0.29, 0.717) is 0 Å². The van der Waals surface area contributed by atoms with Crippen LogP contribution in [0.5, 0.6) is 0 Å². The van der Waals surface area contributed by atoms with Gasteiger partial charge in [0.25, 0.3) is 0 Å². The summed E-state index contributed by atoms with van der Waals surface area (Å²) in [6.07, 6.45) is 2.31. The molecule has 0 aliphatic rings. The standard InChI is InChI=1S/C10H17NO/c1-7(2)5-6-10-8(3)11-12-9(10)4/h7H,5-6H2,1-4H3. The maximum Gasteiger partial charge on any atom is 0.137 e. The van der Waals surface area contributed by atoms with Gasteiger partial charge in [0.1, 0.15) is 5.76 Å². The molecule has 0 amide bonds. The van der Waals surface area contributed by atoms with Crippen LogP contribution in [0.25, 0.3) is 0 Å². The Bertz CT molecular complexity index is 231. The lowest BCUT2D eigenvalue weighted by Crippen LogP contribution is -1.94. The minimum atomic E-state index is 0.749. The topological polar surface area (TPSA) is 26.0 Å². The van der Waals surface area contributed by atoms with E-state index in [4.69, 9.17) is 4.52 Å². The molecule has 0 spiro atoms. The van der Waals surface area contributed by atoms with E-state index in [1.54, 1.807) is 0 Å². The molecule has 12 heavy (non-hydrogen) atoms. The summed E-state index contributed by atoms with van der Waals surface area (Å²) in [6.45, 7) is 8.46. The number of hydrogen-bond acceptors (Lipinski definition) is 2. The molecule has 0 saturated carbocycles. The molecule has 0 atom stereocenters. The van der Waals surface area contributed by atoms with Gasteiger partial charge in [-0.15, -0.1) is 0 Å². The van der Waals surface area contributed by atoms with Crippen LogP contribution in [0.1, 0.15) is 37.3 Å². The first kappa shape index (κ1) is 9.30. The van der Waals surface area contributed by atoms with E-state index in [9.17, 15) is 0 Å². The first-order valence-corrected chi connectivity index (χ1v) is 4.53. The fourth-order valence-corrected chi connectivity index (χ4v) is 1.29. The van der Waals surface area contributed by atoms with Crippen molar-refractivity contribution >= 4 is 0 Å². The lowest BCUT2D eigenvalue weighted by atomic mass is 10.0. The molecule has 2 heteroatoms. The number of aryl methyl sites for hydroxylation is 2. The van der Waals surface area contributed by atoms with Crippen LogP contribution in [-0.4, -0.2) is 5.16 Å². The van der Waals surface area contributed by atoms with Crippen molar-refractivity contribution in [1.82, 2.24) is 5.16 Å². The van der Waals surface area contributed by atoms with Crippen molar-refractivity contribution in [2.75, 3.05) is 0 Å². The Morgan fingerprint density at radius 3 is 2.42 bits per heavy atom. The molecule has 1 heterocycles. The van der Waals surface area contributed by atoms with Crippen molar-refractivity contribution in [3.8, 4) is 0 Å². The summed E-state index contributed by atoms with van der Waals surface area (Å²) in [5, 5.41) is 3.92. The van der Waals surface area contributed by atoms with E-state index in [-0.39, 0.29) is 0 Å². The maximum atomic E-state index is 5.08. The molecule has 0 aromatic carbocycles. The zero-order valence-electron chi connectivity index (χ0n) is 8.35. The number of rotatable bonds is 3. The van der Waals surface area contributed by atoms with Gasteiger partial charge in [0.2, 0.25) is 0 Å². The van der Waals surface area contributed by atoms with Crippen molar-refractivity contribution in [2.45, 2.75) is 40.5 Å². The summed E-state index contributed by atoms with van der Waals surface area (Å²) in [6, 6.07) is 0. The van der Waals surface area contributed by atoms with Gasteiger partial charge in [0.15, 0.2) is 0 Å². The average Bonchev–Trinajstić information content (AvgIpc) is 2.28. The van der Waals surface area contributed by atoms with Gasteiger partial charge in [0, 0.05) is 5.56 Å². The largest absolute Gasteiger partial charge is 0.361 e. The maximum absolute atomic E-state index is 5.08. The molecule has 0 saturated heterocycles. The smallest absolute Gasteiger partial charge is 0.137 e. The summed E-state index contributed by atoms with van der Waals surface area (Å²) >= 11 is 0. The third-order valence-electron chi connectivity index (χ3n) is 2.15. The number of nitrogens with zero attached hydrogens (tertiary/aromatic N) is 1. The summed E-state index contributed by atoms with van der Waals surface area (Å²) in [5.41, 5.74) is 2.34. The van der Waals surface area contributed by atoms with Crippen LogP contribution in [0, 0.1) is 19.8 Å². The van der Waals surface area contributed by atoms with Crippen LogP contribution >= 0.6 is 0 Å². The van der Waals surface area contributed by atoms with Crippen LogP contribution in [-0.2, 0) is 6.42 Å². The molecule has 1 rings (SSSR count). The fourth-order valence-electron chi connectivity index (χ4n) is 1.29. The van der Waals surface area contributed by atoms with Gasteiger partial charge < -0.3 is 4.52 Å². The normalized spacial score (nSPS) is 11.1. The summed E-state index contributed by atoms with van der Waals surface area (Å²) < 4.78 is 5.08. The van der Waals surface area contributed by atoms with Crippen LogP contribution in [0.3, 0.4) is 0 Å². The van der Waals surface area contributed by atoms with E-state index >= 15 is 0 Å². The predicted molar refractivity (Wildman–Crippen MR) is 49.1 cm³/mol. The molecule has 0 aliphatic heterocycles. The summed E-state index contributed by atoms with van der Waals surface area (Å²) in [5.74, 6) is 1.73. The van der Waals surface area contributed by atoms with Crippen LogP contribution in [0.15, 0.2) is 4.52 Å². The minimum Gasteiger partial charge on any atom is -0.361 e. The molecule has 0 N–H and O–H groups in total. The van der Waals surface area contributed by atoms with Crippen molar-refractivity contribution in [3.63, 3.8) is 0 Å². The molecule has 0 radical (unpaired) electrons. The van der Waals surface area contributed by atoms with Gasteiger partial charge in [0.05, 0.1) is 5.69 Å². The van der Waals surface area contributed by atoms with E-state index in [2.05, 4.69) is 19.0 Å². The molecule has 1 aromatic rings. The molecule has 68 valence electrons. The molecule has 0 unspecified atom stereocenters. The van der Waals surface area contributed by atoms with Crippen molar-refractivity contribution in [2.24, 2.45) is 5.92 Å². The Balaban J connectivity index is 2.62. The molecular formula is C10H17NO. The second-order valence-corrected chi connectivity index (χ2v) is 3.74. The Kier molecular flexibility index (Phi) is 2.90. The van der Waals surface area contributed by atoms with Gasteiger partial charge in [-0.1, -0.05) is 19.0 Å².